The fourth-order valence-corrected chi connectivity index (χ4v) is 9.08. The molecule has 0 saturated carbocycles. The van der Waals surface area contributed by atoms with Crippen LogP contribution in [0.15, 0.2) is 203 Å². The molecule has 2 nitrogen and oxygen atoms in total. The van der Waals surface area contributed by atoms with E-state index in [0.717, 1.165) is 55.0 Å². The standard InChI is InChI=1S/C54H32O2/c1-2-11-33(12-3-1)38-16-8-13-34-29-37(25-26-41(34)38)54-46-19-9-17-39(35-23-27-44-42-14-4-6-21-50(42)55-52(44)30-35)48(46)32-49-40(18-10-20-47(49)54)36-24-28-45-43-15-5-7-22-51(43)56-53(45)31-36/h1-32H. The molecule has 12 aromatic rings. The van der Waals surface area contributed by atoms with Crippen LogP contribution in [0.25, 0.3) is 121 Å². The Bertz CT molecular complexity index is 3360. The first-order valence-electron chi connectivity index (χ1n) is 19.2. The van der Waals surface area contributed by atoms with Gasteiger partial charge in [0.15, 0.2) is 0 Å². The topological polar surface area (TPSA) is 26.3 Å². The maximum absolute atomic E-state index is 6.40. The quantitative estimate of drug-likeness (QED) is 0.170. The average Bonchev–Trinajstić information content (AvgIpc) is 3.82. The van der Waals surface area contributed by atoms with Crippen molar-refractivity contribution in [3.8, 4) is 44.5 Å². The lowest BCUT2D eigenvalue weighted by molar-refractivity contribution is 0.668. The smallest absolute Gasteiger partial charge is 0.136 e. The zero-order chi connectivity index (χ0) is 36.7. The summed E-state index contributed by atoms with van der Waals surface area (Å²) in [6, 6.07) is 70.0. The van der Waals surface area contributed by atoms with Crippen LogP contribution in [0.1, 0.15) is 0 Å². The highest BCUT2D eigenvalue weighted by molar-refractivity contribution is 6.20. The van der Waals surface area contributed by atoms with Crippen LogP contribution >= 0.6 is 0 Å². The molecule has 0 unspecified atom stereocenters. The van der Waals surface area contributed by atoms with Gasteiger partial charge < -0.3 is 8.83 Å². The molecule has 0 aliphatic heterocycles. The number of hydrogen-bond acceptors (Lipinski definition) is 2. The fourth-order valence-electron chi connectivity index (χ4n) is 9.08. The number of furan rings is 2. The highest BCUT2D eigenvalue weighted by atomic mass is 16.3. The first kappa shape index (κ1) is 31.0. The van der Waals surface area contributed by atoms with Crippen LogP contribution < -0.4 is 0 Å². The summed E-state index contributed by atoms with van der Waals surface area (Å²) >= 11 is 0. The lowest BCUT2D eigenvalue weighted by Crippen LogP contribution is -1.91. The predicted molar refractivity (Wildman–Crippen MR) is 235 cm³/mol. The summed E-state index contributed by atoms with van der Waals surface area (Å²) in [6.45, 7) is 0. The number of para-hydroxylation sites is 2. The summed E-state index contributed by atoms with van der Waals surface area (Å²) in [5.41, 5.74) is 13.1. The Balaban J connectivity index is 1.13. The first-order valence-corrected chi connectivity index (χ1v) is 19.2. The lowest BCUT2D eigenvalue weighted by atomic mass is 9.85. The van der Waals surface area contributed by atoms with E-state index in [4.69, 9.17) is 8.83 Å². The number of hydrogen-bond donors (Lipinski definition) is 0. The van der Waals surface area contributed by atoms with E-state index in [1.807, 2.05) is 24.3 Å². The van der Waals surface area contributed by atoms with Gasteiger partial charge in [0.1, 0.15) is 22.3 Å². The summed E-state index contributed by atoms with van der Waals surface area (Å²) in [5, 5.41) is 11.8. The van der Waals surface area contributed by atoms with E-state index >= 15 is 0 Å². The largest absolute Gasteiger partial charge is 0.456 e. The maximum atomic E-state index is 6.40. The Kier molecular flexibility index (Phi) is 6.66. The van der Waals surface area contributed by atoms with Gasteiger partial charge in [0.25, 0.3) is 0 Å². The van der Waals surface area contributed by atoms with Gasteiger partial charge >= 0.3 is 0 Å². The van der Waals surface area contributed by atoms with Gasteiger partial charge in [0.2, 0.25) is 0 Å². The molecule has 0 bridgehead atoms. The third-order valence-electron chi connectivity index (χ3n) is 11.7. The van der Waals surface area contributed by atoms with Gasteiger partial charge in [-0.25, -0.2) is 0 Å². The molecule has 0 aliphatic rings. The minimum atomic E-state index is 0.894. The second-order valence-electron chi connectivity index (χ2n) is 14.8. The molecular formula is C54H32O2. The molecule has 0 atom stereocenters. The van der Waals surface area contributed by atoms with Crippen LogP contribution in [0.5, 0.6) is 0 Å². The number of rotatable bonds is 4. The van der Waals surface area contributed by atoms with Crippen molar-refractivity contribution in [3.63, 3.8) is 0 Å². The van der Waals surface area contributed by atoms with Crippen molar-refractivity contribution < 1.29 is 8.83 Å². The Labute approximate surface area is 322 Å². The molecule has 0 amide bonds. The zero-order valence-corrected chi connectivity index (χ0v) is 30.3. The van der Waals surface area contributed by atoms with Gasteiger partial charge in [-0.1, -0.05) is 146 Å². The Morgan fingerprint density at radius 2 is 0.696 bits per heavy atom. The second-order valence-corrected chi connectivity index (χ2v) is 14.8. The zero-order valence-electron chi connectivity index (χ0n) is 30.3. The van der Waals surface area contributed by atoms with Crippen molar-refractivity contribution in [2.24, 2.45) is 0 Å². The van der Waals surface area contributed by atoms with Gasteiger partial charge in [0.05, 0.1) is 0 Å². The van der Waals surface area contributed by atoms with Crippen LogP contribution in [0.3, 0.4) is 0 Å². The van der Waals surface area contributed by atoms with Crippen LogP contribution in [0, 0.1) is 0 Å². The molecule has 0 spiro atoms. The van der Waals surface area contributed by atoms with Crippen molar-refractivity contribution in [2.75, 3.05) is 0 Å². The van der Waals surface area contributed by atoms with Crippen LogP contribution in [-0.2, 0) is 0 Å². The molecule has 0 aliphatic carbocycles. The van der Waals surface area contributed by atoms with E-state index in [9.17, 15) is 0 Å². The summed E-state index contributed by atoms with van der Waals surface area (Å²) in [5.74, 6) is 0. The van der Waals surface area contributed by atoms with Gasteiger partial charge in [-0.3, -0.25) is 0 Å². The molecular weight excluding hydrogens is 681 g/mol. The second kappa shape index (κ2) is 12.0. The lowest BCUT2D eigenvalue weighted by Gasteiger charge is -2.18. The van der Waals surface area contributed by atoms with Crippen molar-refractivity contribution in [2.45, 2.75) is 0 Å². The maximum Gasteiger partial charge on any atom is 0.136 e. The third-order valence-corrected chi connectivity index (χ3v) is 11.7. The molecule has 0 saturated heterocycles. The third kappa shape index (κ3) is 4.69. The monoisotopic (exact) mass is 712 g/mol. The summed E-state index contributed by atoms with van der Waals surface area (Å²) < 4.78 is 12.8. The van der Waals surface area contributed by atoms with E-state index in [-0.39, 0.29) is 0 Å². The van der Waals surface area contributed by atoms with Crippen molar-refractivity contribution in [3.05, 3.63) is 194 Å². The number of benzene rings is 10. The predicted octanol–water partition coefficient (Wildman–Crippen LogP) is 15.6. The average molecular weight is 713 g/mol. The minimum Gasteiger partial charge on any atom is -0.456 e. The van der Waals surface area contributed by atoms with Crippen molar-refractivity contribution in [1.82, 2.24) is 0 Å². The van der Waals surface area contributed by atoms with E-state index in [2.05, 4.69) is 170 Å². The minimum absolute atomic E-state index is 0.894. The Morgan fingerprint density at radius 3 is 1.30 bits per heavy atom. The molecule has 2 heteroatoms. The Morgan fingerprint density at radius 1 is 0.232 bits per heavy atom. The van der Waals surface area contributed by atoms with Gasteiger partial charge in [-0.15, -0.1) is 0 Å². The molecule has 0 N–H and O–H groups in total. The molecule has 260 valence electrons. The molecule has 56 heavy (non-hydrogen) atoms. The summed E-state index contributed by atoms with van der Waals surface area (Å²) in [7, 11) is 0. The number of fused-ring (bicyclic) bond motifs is 9. The molecule has 2 aromatic heterocycles. The van der Waals surface area contributed by atoms with Crippen LogP contribution in [0.2, 0.25) is 0 Å². The van der Waals surface area contributed by atoms with Gasteiger partial charge in [-0.05, 0) is 125 Å². The highest BCUT2D eigenvalue weighted by Gasteiger charge is 2.18. The molecule has 2 heterocycles. The first-order chi connectivity index (χ1) is 27.7. The van der Waals surface area contributed by atoms with Crippen LogP contribution in [0.4, 0.5) is 0 Å². The summed E-state index contributed by atoms with van der Waals surface area (Å²) in [6.07, 6.45) is 0. The highest BCUT2D eigenvalue weighted by Crippen LogP contribution is 2.45. The SMILES string of the molecule is c1ccc(-c2cccc3cc(-c4c5cccc(-c6ccc7c(c6)oc6ccccc67)c5cc5c(-c6ccc7c(c6)oc6ccccc67)cccc45)ccc23)cc1. The molecule has 0 radical (unpaired) electrons. The van der Waals surface area contributed by atoms with E-state index in [0.29, 0.717) is 0 Å². The summed E-state index contributed by atoms with van der Waals surface area (Å²) in [4.78, 5) is 0. The molecule has 10 aromatic carbocycles. The fraction of sp³-hybridized carbons (Fsp3) is 0. The van der Waals surface area contributed by atoms with E-state index < -0.39 is 0 Å². The van der Waals surface area contributed by atoms with Crippen molar-refractivity contribution >= 4 is 76.2 Å². The molecule has 0 fully saturated rings. The normalized spacial score (nSPS) is 11.9. The molecule has 12 rings (SSSR count). The van der Waals surface area contributed by atoms with Gasteiger partial charge in [0, 0.05) is 21.5 Å². The van der Waals surface area contributed by atoms with E-state index in [1.54, 1.807) is 0 Å². The van der Waals surface area contributed by atoms with Gasteiger partial charge in [-0.2, -0.15) is 0 Å². The van der Waals surface area contributed by atoms with E-state index in [1.165, 1.54) is 65.7 Å². The van der Waals surface area contributed by atoms with Crippen LogP contribution in [-0.4, -0.2) is 0 Å². The van der Waals surface area contributed by atoms with Crippen molar-refractivity contribution in [1.29, 1.82) is 0 Å². The Hall–Kier alpha value is -7.42.